The Balaban J connectivity index is 3.27. The van der Waals surface area contributed by atoms with Gasteiger partial charge in [0.25, 0.3) is 0 Å². The van der Waals surface area contributed by atoms with Crippen molar-refractivity contribution in [2.24, 2.45) is 5.92 Å². The molecule has 0 aromatic carbocycles. The molecule has 0 N–H and O–H groups in total. The summed E-state index contributed by atoms with van der Waals surface area (Å²) in [4.78, 5) is 0. The summed E-state index contributed by atoms with van der Waals surface area (Å²) in [6, 6.07) is 0. The highest BCUT2D eigenvalue weighted by Crippen LogP contribution is 2.22. The van der Waals surface area contributed by atoms with Crippen molar-refractivity contribution >= 4 is 0 Å². The Bertz CT molecular complexity index is 316. The Hall–Kier alpha value is -0.260. The maximum Gasteiger partial charge on any atom is -0.0316 e. The molecule has 1 unspecified atom stereocenters. The van der Waals surface area contributed by atoms with Crippen LogP contribution in [0.2, 0.25) is 0 Å². The van der Waals surface area contributed by atoms with Crippen LogP contribution in [-0.2, 0) is 0 Å². The summed E-state index contributed by atoms with van der Waals surface area (Å²) in [6.07, 6.45) is 38.3. The van der Waals surface area contributed by atoms with Gasteiger partial charge in [-0.15, -0.1) is 0 Å². The van der Waals surface area contributed by atoms with Crippen molar-refractivity contribution in [3.05, 3.63) is 26.0 Å². The van der Waals surface area contributed by atoms with Crippen LogP contribution < -0.4 is 0 Å². The van der Waals surface area contributed by atoms with Gasteiger partial charge in [0.2, 0.25) is 0 Å². The summed E-state index contributed by atoms with van der Waals surface area (Å²) < 4.78 is 0. The summed E-state index contributed by atoms with van der Waals surface area (Å²) in [5, 5.41) is 0. The smallest absolute Gasteiger partial charge is 0.0316 e. The molecule has 0 aliphatic carbocycles. The molecule has 0 saturated heterocycles. The van der Waals surface area contributed by atoms with E-state index in [0.717, 1.165) is 12.3 Å². The van der Waals surface area contributed by atoms with E-state index in [2.05, 4.69) is 26.8 Å². The van der Waals surface area contributed by atoms with E-state index in [1.807, 2.05) is 6.08 Å². The first-order valence-electron chi connectivity index (χ1n) is 14.1. The Morgan fingerprint density at radius 2 is 0.900 bits per heavy atom. The lowest BCUT2D eigenvalue weighted by molar-refractivity contribution is 0.392. The van der Waals surface area contributed by atoms with Gasteiger partial charge in [0.05, 0.1) is 0 Å². The van der Waals surface area contributed by atoms with Crippen molar-refractivity contribution in [3.63, 3.8) is 0 Å². The van der Waals surface area contributed by atoms with E-state index in [1.165, 1.54) is 148 Å². The summed E-state index contributed by atoms with van der Waals surface area (Å²) in [6.45, 7) is 10.1. The molecule has 0 saturated carbocycles. The summed E-state index contributed by atoms with van der Waals surface area (Å²) in [5.74, 6) is 1.01. The molecule has 0 nitrogen and oxygen atoms in total. The van der Waals surface area contributed by atoms with Gasteiger partial charge in [-0.2, -0.15) is 0 Å². The van der Waals surface area contributed by atoms with Crippen molar-refractivity contribution in [3.8, 4) is 0 Å². The second-order valence-corrected chi connectivity index (χ2v) is 9.68. The van der Waals surface area contributed by atoms with Crippen LogP contribution in [-0.4, -0.2) is 0 Å². The van der Waals surface area contributed by atoms with E-state index in [0.29, 0.717) is 0 Å². The average Bonchev–Trinajstić information content (AvgIpc) is 2.76. The zero-order chi connectivity index (χ0) is 22.0. The third-order valence-electron chi connectivity index (χ3n) is 6.84. The van der Waals surface area contributed by atoms with Crippen LogP contribution in [0, 0.1) is 19.8 Å². The minimum Gasteiger partial charge on any atom is -0.0885 e. The van der Waals surface area contributed by atoms with Crippen molar-refractivity contribution in [1.29, 1.82) is 0 Å². The van der Waals surface area contributed by atoms with Crippen LogP contribution in [0.5, 0.6) is 0 Å². The fraction of sp³-hybridized carbons (Fsp3) is 0.867. The van der Waals surface area contributed by atoms with Crippen LogP contribution in [0.3, 0.4) is 0 Å². The average molecular weight is 419 g/mol. The second kappa shape index (κ2) is 26.8. The third kappa shape index (κ3) is 24.0. The normalized spacial score (nSPS) is 12.8. The fourth-order valence-electron chi connectivity index (χ4n) is 4.63. The van der Waals surface area contributed by atoms with Gasteiger partial charge in [0.15, 0.2) is 0 Å². The van der Waals surface area contributed by atoms with Gasteiger partial charge < -0.3 is 0 Å². The van der Waals surface area contributed by atoms with Crippen LogP contribution in [0.15, 0.2) is 12.2 Å². The lowest BCUT2D eigenvalue weighted by atomic mass is 9.92. The van der Waals surface area contributed by atoms with Gasteiger partial charge in [-0.1, -0.05) is 167 Å². The molecule has 178 valence electrons. The van der Waals surface area contributed by atoms with Crippen molar-refractivity contribution in [2.75, 3.05) is 0 Å². The fourth-order valence-corrected chi connectivity index (χ4v) is 4.63. The van der Waals surface area contributed by atoms with Crippen molar-refractivity contribution < 1.29 is 0 Å². The molecule has 0 fully saturated rings. The number of hydrogen-bond acceptors (Lipinski definition) is 0. The summed E-state index contributed by atoms with van der Waals surface area (Å²) >= 11 is 0. The molecular weight excluding hydrogens is 360 g/mol. The predicted molar refractivity (Wildman–Crippen MR) is 140 cm³/mol. The molecule has 0 heterocycles. The quantitative estimate of drug-likeness (QED) is 0.129. The van der Waals surface area contributed by atoms with Crippen molar-refractivity contribution in [2.45, 2.75) is 161 Å². The lowest BCUT2D eigenvalue weighted by Gasteiger charge is -2.14. The van der Waals surface area contributed by atoms with E-state index in [9.17, 15) is 0 Å². The maximum atomic E-state index is 3.93. The largest absolute Gasteiger partial charge is 0.0885 e. The highest BCUT2D eigenvalue weighted by molar-refractivity contribution is 4.83. The Morgan fingerprint density at radius 3 is 1.27 bits per heavy atom. The molecular formula is C30H58. The highest BCUT2D eigenvalue weighted by atomic mass is 14.1. The summed E-state index contributed by atoms with van der Waals surface area (Å²) in [5.41, 5.74) is 0. The third-order valence-corrected chi connectivity index (χ3v) is 6.84. The van der Waals surface area contributed by atoms with Crippen LogP contribution in [0.25, 0.3) is 0 Å². The predicted octanol–water partition coefficient (Wildman–Crippen LogP) is 11.2. The molecule has 1 atom stereocenters. The maximum absolute atomic E-state index is 3.93. The Morgan fingerprint density at radius 1 is 0.533 bits per heavy atom. The van der Waals surface area contributed by atoms with Gasteiger partial charge in [0.1, 0.15) is 0 Å². The van der Waals surface area contributed by atoms with Gasteiger partial charge in [0, 0.05) is 0 Å². The number of allylic oxidation sites excluding steroid dienone is 2. The number of rotatable bonds is 25. The first kappa shape index (κ1) is 29.7. The molecule has 0 aromatic heterocycles. The molecule has 2 radical (unpaired) electrons. The zero-order valence-corrected chi connectivity index (χ0v) is 21.1. The standard InChI is InChI=1S/C30H58/c1-4-7-9-11-13-15-16-17-18-19-21-23-25-27-29-30(6-3)28-26-24-22-20-14-12-10-8-5-2/h4,7,30H,1-2,5-6,8-29H2,3H3. The lowest BCUT2D eigenvalue weighted by Crippen LogP contribution is -1.99. The molecule has 0 bridgehead atoms. The zero-order valence-electron chi connectivity index (χ0n) is 21.1. The van der Waals surface area contributed by atoms with Gasteiger partial charge in [-0.25, -0.2) is 0 Å². The van der Waals surface area contributed by atoms with E-state index in [4.69, 9.17) is 0 Å². The van der Waals surface area contributed by atoms with Gasteiger partial charge in [-0.3, -0.25) is 0 Å². The van der Waals surface area contributed by atoms with E-state index in [-0.39, 0.29) is 0 Å². The number of hydrogen-bond donors (Lipinski definition) is 0. The molecule has 0 spiro atoms. The van der Waals surface area contributed by atoms with Crippen LogP contribution in [0.4, 0.5) is 0 Å². The molecule has 0 heteroatoms. The SMILES string of the molecule is [CH2]C=CCCCCCCCCCCCCCC(CC)CCCCCCCCCC[CH2]. The first-order chi connectivity index (χ1) is 14.8. The van der Waals surface area contributed by atoms with E-state index < -0.39 is 0 Å². The monoisotopic (exact) mass is 418 g/mol. The minimum absolute atomic E-state index is 1.01. The Kier molecular flexibility index (Phi) is 26.5. The van der Waals surface area contributed by atoms with Crippen molar-refractivity contribution in [1.82, 2.24) is 0 Å². The van der Waals surface area contributed by atoms with Gasteiger partial charge in [-0.05, 0) is 25.7 Å². The Labute approximate surface area is 193 Å². The molecule has 0 aromatic rings. The van der Waals surface area contributed by atoms with Gasteiger partial charge >= 0.3 is 0 Å². The van der Waals surface area contributed by atoms with E-state index in [1.54, 1.807) is 0 Å². The molecule has 0 aliphatic heterocycles. The molecule has 0 amide bonds. The topological polar surface area (TPSA) is 0 Å². The molecule has 0 rings (SSSR count). The van der Waals surface area contributed by atoms with Crippen LogP contribution in [0.1, 0.15) is 161 Å². The highest BCUT2D eigenvalue weighted by Gasteiger charge is 2.06. The number of unbranched alkanes of at least 4 members (excludes halogenated alkanes) is 19. The van der Waals surface area contributed by atoms with Crippen LogP contribution >= 0.6 is 0 Å². The summed E-state index contributed by atoms with van der Waals surface area (Å²) in [7, 11) is 0. The second-order valence-electron chi connectivity index (χ2n) is 9.68. The minimum atomic E-state index is 1.01. The first-order valence-corrected chi connectivity index (χ1v) is 14.1. The molecule has 30 heavy (non-hydrogen) atoms. The van der Waals surface area contributed by atoms with E-state index >= 15 is 0 Å². The molecule has 0 aliphatic rings.